The average Bonchev–Trinajstić information content (AvgIpc) is 3.05. The van der Waals surface area contributed by atoms with Gasteiger partial charge in [0.1, 0.15) is 0 Å². The van der Waals surface area contributed by atoms with Crippen LogP contribution in [0.15, 0.2) is 53.6 Å². The predicted octanol–water partition coefficient (Wildman–Crippen LogP) is 2.55. The molecule has 0 aliphatic carbocycles. The van der Waals surface area contributed by atoms with E-state index < -0.39 is 16.0 Å². The van der Waals surface area contributed by atoms with Crippen LogP contribution in [0.4, 0.5) is 0 Å². The van der Waals surface area contributed by atoms with Gasteiger partial charge in [-0.2, -0.15) is 4.31 Å². The normalized spacial score (nSPS) is 18.8. The van der Waals surface area contributed by atoms with Crippen LogP contribution in [0.5, 0.6) is 0 Å². The summed E-state index contributed by atoms with van der Waals surface area (Å²) in [4.78, 5) is 11.3. The molecule has 0 radical (unpaired) electrons. The number of benzene rings is 2. The third-order valence-corrected chi connectivity index (χ3v) is 7.08. The van der Waals surface area contributed by atoms with E-state index in [1.54, 1.807) is 12.1 Å². The average molecular weight is 400 g/mol. The Morgan fingerprint density at radius 2 is 1.86 bits per heavy atom. The minimum absolute atomic E-state index is 0.0756. The first-order valence-electron chi connectivity index (χ1n) is 9.10. The largest absolute Gasteiger partial charge is 0.476 e. The zero-order valence-electron chi connectivity index (χ0n) is 15.1. The van der Waals surface area contributed by atoms with Crippen molar-refractivity contribution in [3.8, 4) is 0 Å². The highest BCUT2D eigenvalue weighted by Crippen LogP contribution is 2.29. The summed E-state index contributed by atoms with van der Waals surface area (Å²) < 4.78 is 29.7. The third kappa shape index (κ3) is 3.38. The van der Waals surface area contributed by atoms with Crippen molar-refractivity contribution in [3.05, 3.63) is 54.4 Å². The highest BCUT2D eigenvalue weighted by molar-refractivity contribution is 7.89. The second-order valence-electron chi connectivity index (χ2n) is 6.86. The molecule has 0 spiro atoms. The molecule has 1 N–H and O–H groups in total. The molecule has 2 aromatic carbocycles. The number of nitrogens with zero attached hydrogens (tertiary/aromatic N) is 4. The lowest BCUT2D eigenvalue weighted by Crippen LogP contribution is -2.32. The molecule has 1 aliphatic heterocycles. The molecule has 9 heteroatoms. The van der Waals surface area contributed by atoms with Crippen molar-refractivity contribution < 1.29 is 18.3 Å². The van der Waals surface area contributed by atoms with Crippen molar-refractivity contribution in [3.63, 3.8) is 0 Å². The summed E-state index contributed by atoms with van der Waals surface area (Å²) in [6, 6.07) is 12.7. The molecule has 1 atom stereocenters. The lowest BCUT2D eigenvalue weighted by atomic mass is 10.1. The number of aromatic nitrogens is 3. The zero-order chi connectivity index (χ0) is 19.7. The Kier molecular flexibility index (Phi) is 4.86. The Hall–Kier alpha value is -2.78. The highest BCUT2D eigenvalue weighted by atomic mass is 32.2. The number of hydrogen-bond donors (Lipinski definition) is 1. The van der Waals surface area contributed by atoms with E-state index in [2.05, 4.69) is 10.3 Å². The van der Waals surface area contributed by atoms with Gasteiger partial charge in [-0.1, -0.05) is 41.6 Å². The fraction of sp³-hybridized carbons (Fsp3) is 0.316. The van der Waals surface area contributed by atoms with Gasteiger partial charge >= 0.3 is 5.97 Å². The zero-order valence-corrected chi connectivity index (χ0v) is 15.9. The number of carboxylic acid groups (broad SMARTS) is 1. The molecule has 3 aromatic rings. The molecule has 1 saturated heterocycles. The Labute approximate surface area is 162 Å². The summed E-state index contributed by atoms with van der Waals surface area (Å²) in [6.45, 7) is 0.765. The first-order chi connectivity index (χ1) is 13.5. The van der Waals surface area contributed by atoms with Crippen LogP contribution in [0.1, 0.15) is 35.8 Å². The molecule has 1 unspecified atom stereocenters. The molecule has 2 heterocycles. The van der Waals surface area contributed by atoms with E-state index in [0.717, 1.165) is 5.39 Å². The second-order valence-corrected chi connectivity index (χ2v) is 8.76. The summed E-state index contributed by atoms with van der Waals surface area (Å²) >= 11 is 0. The Balaban J connectivity index is 1.58. The van der Waals surface area contributed by atoms with Gasteiger partial charge in [0.05, 0.1) is 17.1 Å². The van der Waals surface area contributed by atoms with Crippen LogP contribution in [0.2, 0.25) is 0 Å². The van der Waals surface area contributed by atoms with Crippen molar-refractivity contribution in [2.75, 3.05) is 13.1 Å². The maximum absolute atomic E-state index is 13.3. The van der Waals surface area contributed by atoms with Gasteiger partial charge < -0.3 is 5.11 Å². The van der Waals surface area contributed by atoms with E-state index in [4.69, 9.17) is 5.11 Å². The van der Waals surface area contributed by atoms with Gasteiger partial charge in [-0.05, 0) is 30.7 Å². The predicted molar refractivity (Wildman–Crippen MR) is 103 cm³/mol. The molecular weight excluding hydrogens is 380 g/mol. The molecule has 8 nitrogen and oxygen atoms in total. The molecule has 0 bridgehead atoms. The van der Waals surface area contributed by atoms with Crippen molar-refractivity contribution in [1.29, 1.82) is 0 Å². The highest BCUT2D eigenvalue weighted by Gasteiger charge is 2.29. The van der Waals surface area contributed by atoms with E-state index in [-0.39, 0.29) is 11.7 Å². The summed E-state index contributed by atoms with van der Waals surface area (Å²) in [5.41, 5.74) is -0.107. The topological polar surface area (TPSA) is 105 Å². The molecule has 1 aromatic heterocycles. The van der Waals surface area contributed by atoms with Crippen LogP contribution in [-0.4, -0.2) is 51.9 Å². The van der Waals surface area contributed by atoms with Gasteiger partial charge in [-0.25, -0.2) is 17.9 Å². The molecule has 146 valence electrons. The molecule has 1 fully saturated rings. The SMILES string of the molecule is O=C(O)c1cn(C2CCCN(S(=O)(=O)c3cccc4ccccc34)CC2)nn1. The number of fused-ring (bicyclic) bond motifs is 1. The van der Waals surface area contributed by atoms with E-state index in [1.807, 2.05) is 30.3 Å². The van der Waals surface area contributed by atoms with Gasteiger partial charge in [-0.15, -0.1) is 5.10 Å². The number of sulfonamides is 1. The summed E-state index contributed by atoms with van der Waals surface area (Å²) in [5.74, 6) is -1.12. The smallest absolute Gasteiger partial charge is 0.358 e. The van der Waals surface area contributed by atoms with Gasteiger partial charge in [0.25, 0.3) is 0 Å². The first-order valence-corrected chi connectivity index (χ1v) is 10.5. The summed E-state index contributed by atoms with van der Waals surface area (Å²) in [6.07, 6.45) is 3.33. The standard InChI is InChI=1S/C19H20N4O4S/c24-19(25)17-13-23(21-20-17)15-7-4-11-22(12-10-15)28(26,27)18-9-3-6-14-5-1-2-8-16(14)18/h1-3,5-6,8-9,13,15H,4,7,10-12H2,(H,24,25). The number of aromatic carboxylic acids is 1. The van der Waals surface area contributed by atoms with Gasteiger partial charge in [-0.3, -0.25) is 0 Å². The van der Waals surface area contributed by atoms with Gasteiger partial charge in [0.15, 0.2) is 5.69 Å². The van der Waals surface area contributed by atoms with Crippen LogP contribution in [-0.2, 0) is 10.0 Å². The second kappa shape index (κ2) is 7.33. The van der Waals surface area contributed by atoms with Gasteiger partial charge in [0.2, 0.25) is 10.0 Å². The maximum atomic E-state index is 13.3. The minimum atomic E-state index is -3.63. The number of rotatable bonds is 4. The maximum Gasteiger partial charge on any atom is 0.358 e. The molecule has 1 aliphatic rings. The van der Waals surface area contributed by atoms with Crippen LogP contribution < -0.4 is 0 Å². The Morgan fingerprint density at radius 1 is 1.07 bits per heavy atom. The minimum Gasteiger partial charge on any atom is -0.476 e. The monoisotopic (exact) mass is 400 g/mol. The van der Waals surface area contributed by atoms with Gasteiger partial charge in [0, 0.05) is 18.5 Å². The third-order valence-electron chi connectivity index (χ3n) is 5.13. The Morgan fingerprint density at radius 3 is 2.64 bits per heavy atom. The van der Waals surface area contributed by atoms with Crippen molar-refractivity contribution in [2.24, 2.45) is 0 Å². The van der Waals surface area contributed by atoms with Crippen molar-refractivity contribution in [2.45, 2.75) is 30.2 Å². The van der Waals surface area contributed by atoms with Crippen LogP contribution in [0, 0.1) is 0 Å². The van der Waals surface area contributed by atoms with E-state index in [1.165, 1.54) is 15.2 Å². The molecule has 0 amide bonds. The fourth-order valence-corrected chi connectivity index (χ4v) is 5.38. The molecule has 0 saturated carbocycles. The van der Waals surface area contributed by atoms with E-state index >= 15 is 0 Å². The summed E-state index contributed by atoms with van der Waals surface area (Å²) in [5, 5.41) is 18.2. The van der Waals surface area contributed by atoms with Crippen molar-refractivity contribution >= 4 is 26.8 Å². The van der Waals surface area contributed by atoms with Crippen LogP contribution >= 0.6 is 0 Å². The quantitative estimate of drug-likeness (QED) is 0.721. The Bertz CT molecular complexity index is 1120. The number of carbonyl (C=O) groups is 1. The number of hydrogen-bond acceptors (Lipinski definition) is 5. The molecule has 4 rings (SSSR count). The number of carboxylic acids is 1. The first kappa shape index (κ1) is 18.6. The van der Waals surface area contributed by atoms with Crippen LogP contribution in [0.3, 0.4) is 0 Å². The lowest BCUT2D eigenvalue weighted by molar-refractivity contribution is 0.0690. The summed E-state index contributed by atoms with van der Waals surface area (Å²) in [7, 11) is -3.63. The fourth-order valence-electron chi connectivity index (χ4n) is 3.67. The van der Waals surface area contributed by atoms with E-state index in [0.29, 0.717) is 42.6 Å². The lowest BCUT2D eigenvalue weighted by Gasteiger charge is -2.21. The molecule has 28 heavy (non-hydrogen) atoms. The van der Waals surface area contributed by atoms with Crippen molar-refractivity contribution in [1.82, 2.24) is 19.3 Å². The van der Waals surface area contributed by atoms with E-state index in [9.17, 15) is 13.2 Å². The molecular formula is C19H20N4O4S. The van der Waals surface area contributed by atoms with Crippen LogP contribution in [0.25, 0.3) is 10.8 Å².